The number of hydrogen-bond donors (Lipinski definition) is 2. The number of fused-ring (bicyclic) bond motifs is 1. The van der Waals surface area contributed by atoms with Gasteiger partial charge in [0.2, 0.25) is 0 Å². The number of halogens is 2. The van der Waals surface area contributed by atoms with Crippen LogP contribution in [0.5, 0.6) is 0 Å². The smallest absolute Gasteiger partial charge is 0.130 e. The van der Waals surface area contributed by atoms with Crippen LogP contribution in [0.3, 0.4) is 0 Å². The van der Waals surface area contributed by atoms with E-state index in [1.807, 2.05) is 6.07 Å². The highest BCUT2D eigenvalue weighted by Crippen LogP contribution is 2.34. The van der Waals surface area contributed by atoms with Gasteiger partial charge < -0.3 is 15.5 Å². The van der Waals surface area contributed by atoms with Crippen molar-refractivity contribution in [2.24, 2.45) is 4.99 Å². The maximum Gasteiger partial charge on any atom is 0.130 e. The summed E-state index contributed by atoms with van der Waals surface area (Å²) in [7, 11) is 0. The topological polar surface area (TPSA) is 65.4 Å². The highest BCUT2D eigenvalue weighted by molar-refractivity contribution is 6.04. The zero-order valence-electron chi connectivity index (χ0n) is 19.7. The van der Waals surface area contributed by atoms with Gasteiger partial charge in [0.05, 0.1) is 23.6 Å². The van der Waals surface area contributed by atoms with Gasteiger partial charge >= 0.3 is 0 Å². The van der Waals surface area contributed by atoms with Gasteiger partial charge in [-0.15, -0.1) is 0 Å². The minimum atomic E-state index is -0.382. The third-order valence-corrected chi connectivity index (χ3v) is 6.93. The van der Waals surface area contributed by atoms with Gasteiger partial charge in [0.25, 0.3) is 0 Å². The fourth-order valence-electron chi connectivity index (χ4n) is 5.07. The Morgan fingerprint density at radius 1 is 1.18 bits per heavy atom. The van der Waals surface area contributed by atoms with Gasteiger partial charge in [-0.3, -0.25) is 4.99 Å². The Morgan fingerprint density at radius 2 is 2.03 bits per heavy atom. The van der Waals surface area contributed by atoms with Gasteiger partial charge in [-0.2, -0.15) is 0 Å². The van der Waals surface area contributed by atoms with E-state index in [4.69, 9.17) is 4.99 Å². The molecule has 5 rings (SSSR count). The third-order valence-electron chi connectivity index (χ3n) is 6.93. The van der Waals surface area contributed by atoms with Crippen molar-refractivity contribution in [2.45, 2.75) is 45.7 Å². The molecule has 0 saturated carbocycles. The Hall–Kier alpha value is -3.13. The summed E-state index contributed by atoms with van der Waals surface area (Å²) < 4.78 is 28.9. The minimum absolute atomic E-state index is 0.305. The first-order valence-corrected chi connectivity index (χ1v) is 11.9. The summed E-state index contributed by atoms with van der Waals surface area (Å²) in [5, 5.41) is 6.86. The van der Waals surface area contributed by atoms with Crippen molar-refractivity contribution in [1.82, 2.24) is 20.2 Å². The van der Waals surface area contributed by atoms with Crippen LogP contribution in [0.1, 0.15) is 43.0 Å². The van der Waals surface area contributed by atoms with Crippen molar-refractivity contribution in [3.05, 3.63) is 70.3 Å². The van der Waals surface area contributed by atoms with Crippen molar-refractivity contribution >= 4 is 17.1 Å². The zero-order chi connectivity index (χ0) is 23.7. The lowest BCUT2D eigenvalue weighted by atomic mass is 9.98. The molecule has 1 aromatic heterocycles. The van der Waals surface area contributed by atoms with E-state index in [1.165, 1.54) is 12.1 Å². The quantitative estimate of drug-likeness (QED) is 0.693. The van der Waals surface area contributed by atoms with Crippen LogP contribution >= 0.6 is 0 Å². The Bertz CT molecular complexity index is 1180. The molecule has 8 heteroatoms. The van der Waals surface area contributed by atoms with Crippen LogP contribution in [0.25, 0.3) is 5.57 Å². The number of benzene rings is 1. The fraction of sp³-hybridized carbons (Fsp3) is 0.423. The number of aromatic nitrogens is 2. The largest absolute Gasteiger partial charge is 0.366 e. The van der Waals surface area contributed by atoms with Crippen LogP contribution in [0.15, 0.2) is 46.9 Å². The summed E-state index contributed by atoms with van der Waals surface area (Å²) in [6.07, 6.45) is 6.52. The summed E-state index contributed by atoms with van der Waals surface area (Å²) >= 11 is 0. The first kappa shape index (κ1) is 22.7. The summed E-state index contributed by atoms with van der Waals surface area (Å²) in [4.78, 5) is 15.9. The molecule has 0 radical (unpaired) electrons. The van der Waals surface area contributed by atoms with Crippen molar-refractivity contribution < 1.29 is 8.78 Å². The molecule has 1 aliphatic carbocycles. The van der Waals surface area contributed by atoms with Gasteiger partial charge in [-0.1, -0.05) is 6.08 Å². The van der Waals surface area contributed by atoms with Crippen molar-refractivity contribution in [2.75, 3.05) is 31.5 Å². The van der Waals surface area contributed by atoms with E-state index >= 15 is 0 Å². The first-order chi connectivity index (χ1) is 16.5. The summed E-state index contributed by atoms with van der Waals surface area (Å²) in [6.45, 7) is 7.26. The number of nitrogens with zero attached hydrogens (tertiary/aromatic N) is 4. The predicted molar refractivity (Wildman–Crippen MR) is 131 cm³/mol. The van der Waals surface area contributed by atoms with E-state index in [1.54, 1.807) is 13.3 Å². The Morgan fingerprint density at radius 3 is 2.85 bits per heavy atom. The molecule has 1 atom stereocenters. The van der Waals surface area contributed by atoms with Gasteiger partial charge in [0, 0.05) is 42.9 Å². The van der Waals surface area contributed by atoms with E-state index in [0.29, 0.717) is 36.8 Å². The Labute approximate surface area is 198 Å². The van der Waals surface area contributed by atoms with Crippen molar-refractivity contribution in [1.29, 1.82) is 0 Å². The summed E-state index contributed by atoms with van der Waals surface area (Å²) in [5.74, 6) is 0.0555. The molecule has 6 nitrogen and oxygen atoms in total. The number of allylic oxidation sites excluding steroid dienone is 4. The predicted octanol–water partition coefficient (Wildman–Crippen LogP) is 4.25. The van der Waals surface area contributed by atoms with Crippen LogP contribution in [0, 0.1) is 18.6 Å². The molecule has 1 fully saturated rings. The fourth-order valence-corrected chi connectivity index (χ4v) is 5.07. The molecule has 2 aliphatic heterocycles. The molecule has 2 aromatic rings. The standard InChI is InChI=1S/C26H30F2N6/c1-16-20(22(28)7-6-21(16)27)14-34-11-10-30-23-5-3-4-19(17(2)26(23)34)24-12-25(32-15-31-24)33-18-8-9-29-13-18/h4,6-7,12,15,18,29H,3,5,8-11,13-14H2,1-2H3,(H,31,32,33). The molecule has 1 unspecified atom stereocenters. The molecule has 1 saturated heterocycles. The highest BCUT2D eigenvalue weighted by atomic mass is 19.1. The molecule has 2 N–H and O–H groups in total. The van der Waals surface area contributed by atoms with Crippen LogP contribution in [0.4, 0.5) is 14.6 Å². The highest BCUT2D eigenvalue weighted by Gasteiger charge is 2.27. The van der Waals surface area contributed by atoms with Crippen LogP contribution in [0.2, 0.25) is 0 Å². The van der Waals surface area contributed by atoms with Gasteiger partial charge in [-0.05, 0) is 62.9 Å². The summed E-state index contributed by atoms with van der Waals surface area (Å²) in [6, 6.07) is 4.77. The van der Waals surface area contributed by atoms with Crippen molar-refractivity contribution in [3.8, 4) is 0 Å². The average molecular weight is 465 g/mol. The number of rotatable bonds is 5. The minimum Gasteiger partial charge on any atom is -0.366 e. The zero-order valence-corrected chi connectivity index (χ0v) is 19.7. The van der Waals surface area contributed by atoms with E-state index in [-0.39, 0.29) is 11.6 Å². The lowest BCUT2D eigenvalue weighted by Crippen LogP contribution is -2.35. The number of nitrogens with one attached hydrogen (secondary N) is 2. The molecule has 0 amide bonds. The monoisotopic (exact) mass is 464 g/mol. The van der Waals surface area contributed by atoms with Crippen LogP contribution in [-0.2, 0) is 6.54 Å². The van der Waals surface area contributed by atoms with E-state index in [2.05, 4.69) is 38.5 Å². The Kier molecular flexibility index (Phi) is 6.41. The first-order valence-electron chi connectivity index (χ1n) is 11.9. The lowest BCUT2D eigenvalue weighted by Gasteiger charge is -2.33. The molecular weight excluding hydrogens is 434 g/mol. The van der Waals surface area contributed by atoms with Gasteiger partial charge in [0.15, 0.2) is 0 Å². The molecular formula is C26H30F2N6. The SMILES string of the molecule is CC1=C2C(=NCCN2Cc2c(F)ccc(F)c2C)CCC=C1c1cc(NC2CCNC2)ncn1. The molecule has 0 spiro atoms. The third kappa shape index (κ3) is 4.46. The maximum absolute atomic E-state index is 14.7. The molecule has 178 valence electrons. The average Bonchev–Trinajstić information content (AvgIpc) is 3.28. The maximum atomic E-state index is 14.7. The Balaban J connectivity index is 1.49. The van der Waals surface area contributed by atoms with Gasteiger partial charge in [-0.25, -0.2) is 18.7 Å². The number of aliphatic imine (C=N–C) groups is 1. The molecule has 1 aromatic carbocycles. The molecule has 3 heterocycles. The molecule has 34 heavy (non-hydrogen) atoms. The van der Waals surface area contributed by atoms with Crippen LogP contribution in [-0.4, -0.2) is 52.8 Å². The number of anilines is 1. The van der Waals surface area contributed by atoms with E-state index in [9.17, 15) is 8.78 Å². The van der Waals surface area contributed by atoms with Gasteiger partial charge in [0.1, 0.15) is 23.8 Å². The number of hydrogen-bond acceptors (Lipinski definition) is 6. The second kappa shape index (κ2) is 9.62. The molecule has 0 bridgehead atoms. The second-order valence-electron chi connectivity index (χ2n) is 9.14. The van der Waals surface area contributed by atoms with Crippen molar-refractivity contribution in [3.63, 3.8) is 0 Å². The van der Waals surface area contributed by atoms with E-state index < -0.39 is 0 Å². The van der Waals surface area contributed by atoms with Crippen LogP contribution < -0.4 is 10.6 Å². The molecule has 3 aliphatic rings. The summed E-state index contributed by atoms with van der Waals surface area (Å²) in [5.41, 5.74) is 5.74. The normalized spacial score (nSPS) is 20.6. The lowest BCUT2D eigenvalue weighted by molar-refractivity contribution is 0.342. The second-order valence-corrected chi connectivity index (χ2v) is 9.14. The van der Waals surface area contributed by atoms with E-state index in [0.717, 1.165) is 66.4 Å².